The van der Waals surface area contributed by atoms with Crippen molar-refractivity contribution < 1.29 is 14.3 Å². The van der Waals surface area contributed by atoms with Crippen molar-refractivity contribution in [3.05, 3.63) is 47.1 Å². The highest BCUT2D eigenvalue weighted by molar-refractivity contribution is 7.16. The number of aryl methyl sites for hydroxylation is 1. The molecule has 6 nitrogen and oxygen atoms in total. The van der Waals surface area contributed by atoms with Crippen LogP contribution in [0, 0.1) is 6.92 Å². The van der Waals surface area contributed by atoms with E-state index in [0.29, 0.717) is 19.8 Å². The molecule has 2 aromatic heterocycles. The van der Waals surface area contributed by atoms with Crippen LogP contribution < -0.4 is 4.90 Å². The second-order valence-corrected chi connectivity index (χ2v) is 8.23. The van der Waals surface area contributed by atoms with Crippen molar-refractivity contribution in [2.75, 3.05) is 44.4 Å². The quantitative estimate of drug-likeness (QED) is 0.825. The van der Waals surface area contributed by atoms with E-state index in [1.807, 2.05) is 29.3 Å². The molecule has 2 aromatic rings. The van der Waals surface area contributed by atoms with Crippen LogP contribution in [0.4, 0.5) is 5.00 Å². The highest BCUT2D eigenvalue weighted by Crippen LogP contribution is 2.31. The van der Waals surface area contributed by atoms with E-state index in [2.05, 4.69) is 22.9 Å². The Kier molecular flexibility index (Phi) is 5.04. The summed E-state index contributed by atoms with van der Waals surface area (Å²) in [6.45, 7) is 6.22. The summed E-state index contributed by atoms with van der Waals surface area (Å²) in [5.41, 5.74) is 0.673. The van der Waals surface area contributed by atoms with Gasteiger partial charge in [-0.15, -0.1) is 11.3 Å². The number of carbonyl (C=O) groups excluding carboxylic acids is 1. The molecule has 4 rings (SSSR count). The highest BCUT2D eigenvalue weighted by Gasteiger charge is 2.43. The lowest BCUT2D eigenvalue weighted by molar-refractivity contribution is -0.146. The van der Waals surface area contributed by atoms with Crippen molar-refractivity contribution in [1.29, 1.82) is 0 Å². The second kappa shape index (κ2) is 7.44. The molecule has 0 saturated carbocycles. The number of amides is 1. The van der Waals surface area contributed by atoms with Gasteiger partial charge in [-0.25, -0.2) is 0 Å². The summed E-state index contributed by atoms with van der Waals surface area (Å²) in [4.78, 5) is 22.0. The van der Waals surface area contributed by atoms with Crippen LogP contribution in [0.1, 0.15) is 10.4 Å². The molecule has 26 heavy (non-hydrogen) atoms. The molecule has 4 heterocycles. The van der Waals surface area contributed by atoms with Crippen molar-refractivity contribution >= 4 is 22.2 Å². The zero-order valence-electron chi connectivity index (χ0n) is 14.9. The summed E-state index contributed by atoms with van der Waals surface area (Å²) in [6.07, 6.45) is 3.68. The van der Waals surface area contributed by atoms with Gasteiger partial charge >= 0.3 is 0 Å². The first-order chi connectivity index (χ1) is 12.6. The minimum Gasteiger partial charge on any atom is -0.377 e. The molecular weight excluding hydrogens is 350 g/mol. The maximum Gasteiger partial charge on any atom is 0.253 e. The fourth-order valence-electron chi connectivity index (χ4n) is 3.53. The third kappa shape index (κ3) is 3.81. The molecule has 138 valence electrons. The Morgan fingerprint density at radius 2 is 2.23 bits per heavy atom. The summed E-state index contributed by atoms with van der Waals surface area (Å²) >= 11 is 1.64. The SMILES string of the molecule is Cc1ccc(N2C[C@@]3(COCCN(Cc4cccnc4)C3)OCC2=O)s1. The van der Waals surface area contributed by atoms with Crippen LogP contribution in [-0.4, -0.2) is 60.8 Å². The number of morpholine rings is 1. The third-order valence-corrected chi connectivity index (χ3v) is 5.82. The Hall–Kier alpha value is -1.80. The molecule has 0 aromatic carbocycles. The van der Waals surface area contributed by atoms with E-state index in [-0.39, 0.29) is 12.5 Å². The Balaban J connectivity index is 1.52. The normalized spacial score (nSPS) is 24.8. The van der Waals surface area contributed by atoms with Crippen LogP contribution in [0.3, 0.4) is 0 Å². The van der Waals surface area contributed by atoms with E-state index in [4.69, 9.17) is 9.47 Å². The Bertz CT molecular complexity index is 766. The van der Waals surface area contributed by atoms with E-state index >= 15 is 0 Å². The van der Waals surface area contributed by atoms with Gasteiger partial charge in [0.15, 0.2) is 0 Å². The standard InChI is InChI=1S/C19H23N3O3S/c1-15-4-5-18(26-15)22-13-19(25-11-17(22)23)12-21(7-8-24-14-19)10-16-3-2-6-20-9-16/h2-6,9H,7-8,10-14H2,1H3/t19-/m0/s1. The smallest absolute Gasteiger partial charge is 0.253 e. The first kappa shape index (κ1) is 17.6. The number of rotatable bonds is 3. The largest absolute Gasteiger partial charge is 0.377 e. The van der Waals surface area contributed by atoms with E-state index < -0.39 is 5.60 Å². The first-order valence-corrected chi connectivity index (χ1v) is 9.65. The molecule has 2 saturated heterocycles. The average Bonchev–Trinajstić information content (AvgIpc) is 2.98. The van der Waals surface area contributed by atoms with Crippen LogP contribution in [0.2, 0.25) is 0 Å². The minimum atomic E-state index is -0.496. The molecule has 7 heteroatoms. The van der Waals surface area contributed by atoms with Gasteiger partial charge in [-0.3, -0.25) is 19.6 Å². The zero-order chi connectivity index (χ0) is 18.0. The summed E-state index contributed by atoms with van der Waals surface area (Å²) in [5, 5.41) is 0.984. The van der Waals surface area contributed by atoms with Gasteiger partial charge < -0.3 is 9.47 Å². The Labute approximate surface area is 157 Å². The van der Waals surface area contributed by atoms with E-state index in [0.717, 1.165) is 24.6 Å². The summed E-state index contributed by atoms with van der Waals surface area (Å²) in [7, 11) is 0. The van der Waals surface area contributed by atoms with Crippen LogP contribution in [0.15, 0.2) is 36.7 Å². The third-order valence-electron chi connectivity index (χ3n) is 4.80. The number of pyridine rings is 1. The molecule has 1 atom stereocenters. The van der Waals surface area contributed by atoms with Crippen LogP contribution >= 0.6 is 11.3 Å². The fraction of sp³-hybridized carbons (Fsp3) is 0.474. The van der Waals surface area contributed by atoms with Crippen LogP contribution in [-0.2, 0) is 20.8 Å². The lowest BCUT2D eigenvalue weighted by Gasteiger charge is -2.42. The fourth-order valence-corrected chi connectivity index (χ4v) is 4.41. The number of ether oxygens (including phenoxy) is 2. The second-order valence-electron chi connectivity index (χ2n) is 6.96. The molecule has 0 N–H and O–H groups in total. The van der Waals surface area contributed by atoms with Crippen molar-refractivity contribution in [2.45, 2.75) is 19.1 Å². The van der Waals surface area contributed by atoms with Gasteiger partial charge in [-0.05, 0) is 30.7 Å². The predicted molar refractivity (Wildman–Crippen MR) is 100 cm³/mol. The van der Waals surface area contributed by atoms with Gasteiger partial charge in [0, 0.05) is 36.9 Å². The molecule has 2 fully saturated rings. The van der Waals surface area contributed by atoms with Gasteiger partial charge in [-0.1, -0.05) is 6.07 Å². The van der Waals surface area contributed by atoms with Crippen molar-refractivity contribution in [1.82, 2.24) is 9.88 Å². The zero-order valence-corrected chi connectivity index (χ0v) is 15.7. The maximum absolute atomic E-state index is 12.4. The Morgan fingerprint density at radius 3 is 3.00 bits per heavy atom. The number of nitrogens with zero attached hydrogens (tertiary/aromatic N) is 3. The molecule has 0 unspecified atom stereocenters. The van der Waals surface area contributed by atoms with Crippen LogP contribution in [0.5, 0.6) is 0 Å². The monoisotopic (exact) mass is 373 g/mol. The number of anilines is 1. The van der Waals surface area contributed by atoms with Gasteiger partial charge in [0.1, 0.15) is 12.2 Å². The molecule has 0 aliphatic carbocycles. The number of thiophene rings is 1. The minimum absolute atomic E-state index is 0.0144. The molecule has 1 spiro atoms. The Morgan fingerprint density at radius 1 is 1.31 bits per heavy atom. The van der Waals surface area contributed by atoms with E-state index in [1.54, 1.807) is 17.5 Å². The van der Waals surface area contributed by atoms with Gasteiger partial charge in [0.25, 0.3) is 5.91 Å². The van der Waals surface area contributed by atoms with Crippen molar-refractivity contribution in [2.24, 2.45) is 0 Å². The lowest BCUT2D eigenvalue weighted by atomic mass is 10.0. The van der Waals surface area contributed by atoms with E-state index in [9.17, 15) is 4.79 Å². The van der Waals surface area contributed by atoms with Crippen molar-refractivity contribution in [3.63, 3.8) is 0 Å². The molecule has 1 amide bonds. The molecular formula is C19H23N3O3S. The topological polar surface area (TPSA) is 54.9 Å². The molecule has 2 aliphatic rings. The lowest BCUT2D eigenvalue weighted by Crippen LogP contribution is -2.60. The number of hydrogen-bond acceptors (Lipinski definition) is 6. The number of carbonyl (C=O) groups is 1. The van der Waals surface area contributed by atoms with Crippen molar-refractivity contribution in [3.8, 4) is 0 Å². The summed E-state index contributed by atoms with van der Waals surface area (Å²) in [6, 6.07) is 8.10. The van der Waals surface area contributed by atoms with E-state index in [1.165, 1.54) is 10.4 Å². The first-order valence-electron chi connectivity index (χ1n) is 8.83. The molecule has 0 bridgehead atoms. The molecule has 0 radical (unpaired) electrons. The summed E-state index contributed by atoms with van der Waals surface area (Å²) < 4.78 is 11.9. The maximum atomic E-state index is 12.4. The summed E-state index contributed by atoms with van der Waals surface area (Å²) in [5.74, 6) is 0.0144. The number of hydrogen-bond donors (Lipinski definition) is 0. The molecule has 2 aliphatic heterocycles. The predicted octanol–water partition coefficient (Wildman–Crippen LogP) is 2.09. The van der Waals surface area contributed by atoms with Crippen LogP contribution in [0.25, 0.3) is 0 Å². The number of aromatic nitrogens is 1. The highest BCUT2D eigenvalue weighted by atomic mass is 32.1. The van der Waals surface area contributed by atoms with Gasteiger partial charge in [0.05, 0.1) is 24.8 Å². The average molecular weight is 373 g/mol. The van der Waals surface area contributed by atoms with Gasteiger partial charge in [0.2, 0.25) is 0 Å². The van der Waals surface area contributed by atoms with Gasteiger partial charge in [-0.2, -0.15) is 0 Å².